The molecule has 30 heavy (non-hydrogen) atoms. The molecule has 6 heteroatoms. The summed E-state index contributed by atoms with van der Waals surface area (Å²) in [4.78, 5) is 29.0. The van der Waals surface area contributed by atoms with E-state index in [9.17, 15) is 9.59 Å². The molecule has 0 radical (unpaired) electrons. The predicted molar refractivity (Wildman–Crippen MR) is 114 cm³/mol. The van der Waals surface area contributed by atoms with Gasteiger partial charge in [-0.15, -0.1) is 0 Å². The number of carbonyl (C=O) groups excluding carboxylic acids is 2. The summed E-state index contributed by atoms with van der Waals surface area (Å²) in [6.45, 7) is 6.20. The summed E-state index contributed by atoms with van der Waals surface area (Å²) in [5, 5.41) is 3.27. The molecule has 2 amide bonds. The van der Waals surface area contributed by atoms with Gasteiger partial charge < -0.3 is 19.5 Å². The topological polar surface area (TPSA) is 67.0 Å². The van der Waals surface area contributed by atoms with E-state index in [1.165, 1.54) is 5.56 Å². The summed E-state index contributed by atoms with van der Waals surface area (Å²) in [6, 6.07) is 12.6. The van der Waals surface area contributed by atoms with Crippen LogP contribution in [0.4, 0.5) is 0 Å². The third-order valence-corrected chi connectivity index (χ3v) is 6.50. The molecule has 2 fully saturated rings. The average molecular weight is 411 g/mol. The molecule has 2 aliphatic heterocycles. The number of hydrogen-bond donors (Lipinski definition) is 2. The minimum Gasteiger partial charge on any atom is -0.469 e. The lowest BCUT2D eigenvalue weighted by atomic mass is 9.95. The van der Waals surface area contributed by atoms with Crippen LogP contribution in [0.2, 0.25) is 0 Å². The van der Waals surface area contributed by atoms with Crippen molar-refractivity contribution in [2.75, 3.05) is 26.2 Å². The third-order valence-electron chi connectivity index (χ3n) is 6.50. The molecule has 4 rings (SSSR count). The van der Waals surface area contributed by atoms with Gasteiger partial charge in [0.15, 0.2) is 0 Å². The zero-order valence-corrected chi connectivity index (χ0v) is 17.7. The van der Waals surface area contributed by atoms with Crippen molar-refractivity contribution in [3.63, 3.8) is 0 Å². The number of nitrogens with zero attached hydrogens (tertiary/aromatic N) is 1. The van der Waals surface area contributed by atoms with Crippen LogP contribution in [0.25, 0.3) is 0 Å². The van der Waals surface area contributed by atoms with Crippen molar-refractivity contribution in [3.8, 4) is 0 Å². The van der Waals surface area contributed by atoms with Gasteiger partial charge in [-0.25, -0.2) is 0 Å². The van der Waals surface area contributed by atoms with Crippen LogP contribution >= 0.6 is 0 Å². The first-order valence-corrected chi connectivity index (χ1v) is 11.1. The van der Waals surface area contributed by atoms with E-state index < -0.39 is 0 Å². The molecule has 0 unspecified atom stereocenters. The average Bonchev–Trinajstić information content (AvgIpc) is 3.21. The maximum absolute atomic E-state index is 12.9. The van der Waals surface area contributed by atoms with Crippen LogP contribution in [-0.4, -0.2) is 48.9 Å². The van der Waals surface area contributed by atoms with Gasteiger partial charge in [-0.05, 0) is 25.8 Å². The molecular formula is C24H32N3O3+. The zero-order chi connectivity index (χ0) is 20.9. The Kier molecular flexibility index (Phi) is 6.53. The minimum atomic E-state index is -0.121. The number of rotatable bonds is 5. The number of aryl methyl sites for hydroxylation is 1. The van der Waals surface area contributed by atoms with E-state index in [1.54, 1.807) is 29.1 Å². The first-order valence-electron chi connectivity index (χ1n) is 11.1. The first-order chi connectivity index (χ1) is 14.6. The maximum Gasteiger partial charge on any atom is 0.257 e. The number of benzene rings is 1. The van der Waals surface area contributed by atoms with E-state index in [-0.39, 0.29) is 23.8 Å². The van der Waals surface area contributed by atoms with Crippen molar-refractivity contribution in [2.45, 2.75) is 45.2 Å². The molecule has 0 bridgehead atoms. The Bertz CT molecular complexity index is 856. The molecule has 6 nitrogen and oxygen atoms in total. The van der Waals surface area contributed by atoms with Crippen LogP contribution in [-0.2, 0) is 11.3 Å². The lowest BCUT2D eigenvalue weighted by molar-refractivity contribution is -0.918. The smallest absolute Gasteiger partial charge is 0.257 e. The Hall–Kier alpha value is -2.60. The molecule has 0 spiro atoms. The second kappa shape index (κ2) is 9.47. The Labute approximate surface area is 178 Å². The van der Waals surface area contributed by atoms with Crippen LogP contribution in [0.1, 0.15) is 47.4 Å². The Morgan fingerprint density at radius 3 is 2.60 bits per heavy atom. The van der Waals surface area contributed by atoms with Crippen LogP contribution in [0.15, 0.2) is 47.1 Å². The second-order valence-electron chi connectivity index (χ2n) is 8.68. The molecular weight excluding hydrogens is 378 g/mol. The second-order valence-corrected chi connectivity index (χ2v) is 8.68. The fourth-order valence-corrected chi connectivity index (χ4v) is 4.70. The van der Waals surface area contributed by atoms with Gasteiger partial charge in [0.25, 0.3) is 5.91 Å². The molecule has 1 aromatic heterocycles. The third kappa shape index (κ3) is 4.93. The quantitative estimate of drug-likeness (QED) is 0.790. The molecule has 0 saturated carbocycles. The van der Waals surface area contributed by atoms with Gasteiger partial charge in [-0.1, -0.05) is 30.3 Å². The number of amides is 2. The summed E-state index contributed by atoms with van der Waals surface area (Å²) in [5.74, 6) is 0.588. The van der Waals surface area contributed by atoms with Gasteiger partial charge in [0.1, 0.15) is 12.3 Å². The monoisotopic (exact) mass is 410 g/mol. The molecule has 2 N–H and O–H groups in total. The van der Waals surface area contributed by atoms with Gasteiger partial charge in [0, 0.05) is 37.5 Å². The maximum atomic E-state index is 12.9. The Balaban J connectivity index is 1.25. The van der Waals surface area contributed by atoms with Crippen LogP contribution in [0, 0.1) is 12.8 Å². The van der Waals surface area contributed by atoms with Crippen molar-refractivity contribution in [1.29, 1.82) is 0 Å². The molecule has 1 atom stereocenters. The molecule has 160 valence electrons. The molecule has 2 aliphatic rings. The van der Waals surface area contributed by atoms with Gasteiger partial charge >= 0.3 is 0 Å². The van der Waals surface area contributed by atoms with Crippen LogP contribution in [0.5, 0.6) is 0 Å². The predicted octanol–water partition coefficient (Wildman–Crippen LogP) is 1.80. The van der Waals surface area contributed by atoms with Gasteiger partial charge in [-0.3, -0.25) is 9.59 Å². The van der Waals surface area contributed by atoms with E-state index >= 15 is 0 Å². The SMILES string of the molecule is Cc1occc1C(=O)N1CCC[C@H](C(=O)NC2CC[NH+](Cc3ccccc3)CC2)C1. The van der Waals surface area contributed by atoms with Crippen molar-refractivity contribution < 1.29 is 18.9 Å². The molecule has 0 aliphatic carbocycles. The number of nitrogens with one attached hydrogen (secondary N) is 2. The summed E-state index contributed by atoms with van der Waals surface area (Å²) in [5.41, 5.74) is 1.97. The van der Waals surface area contributed by atoms with E-state index in [0.717, 1.165) is 45.3 Å². The highest BCUT2D eigenvalue weighted by atomic mass is 16.3. The van der Waals surface area contributed by atoms with E-state index in [0.29, 0.717) is 24.4 Å². The molecule has 2 saturated heterocycles. The molecule has 2 aromatic rings. The van der Waals surface area contributed by atoms with Crippen LogP contribution < -0.4 is 10.2 Å². The number of furan rings is 1. The summed E-state index contributed by atoms with van der Waals surface area (Å²) in [7, 11) is 0. The van der Waals surface area contributed by atoms with Gasteiger partial charge in [0.05, 0.1) is 30.8 Å². The fourth-order valence-electron chi connectivity index (χ4n) is 4.70. The van der Waals surface area contributed by atoms with Crippen molar-refractivity contribution >= 4 is 11.8 Å². The number of likely N-dealkylation sites (tertiary alicyclic amines) is 2. The Morgan fingerprint density at radius 2 is 1.90 bits per heavy atom. The number of carbonyl (C=O) groups is 2. The highest BCUT2D eigenvalue weighted by Crippen LogP contribution is 2.21. The van der Waals surface area contributed by atoms with Crippen molar-refractivity contribution in [1.82, 2.24) is 10.2 Å². The number of quaternary nitrogens is 1. The van der Waals surface area contributed by atoms with Crippen LogP contribution in [0.3, 0.4) is 0 Å². The minimum absolute atomic E-state index is 0.0310. The highest BCUT2D eigenvalue weighted by Gasteiger charge is 2.32. The lowest BCUT2D eigenvalue weighted by Gasteiger charge is -2.34. The fraction of sp³-hybridized carbons (Fsp3) is 0.500. The standard InChI is InChI=1S/C24H31N3O3/c1-18-22(11-15-30-18)24(29)27-12-5-8-20(17-27)23(28)25-21-9-13-26(14-10-21)16-19-6-3-2-4-7-19/h2-4,6-7,11,15,20-21H,5,8-10,12-14,16-17H2,1H3,(H,25,28)/p+1/t20-/m0/s1. The van der Waals surface area contributed by atoms with E-state index in [2.05, 4.69) is 35.6 Å². The summed E-state index contributed by atoms with van der Waals surface area (Å²) >= 11 is 0. The van der Waals surface area contributed by atoms with Gasteiger partial charge in [0.2, 0.25) is 5.91 Å². The zero-order valence-electron chi connectivity index (χ0n) is 17.7. The first kappa shape index (κ1) is 20.7. The highest BCUT2D eigenvalue weighted by molar-refractivity contribution is 5.95. The normalized spacial score (nSPS) is 24.4. The summed E-state index contributed by atoms with van der Waals surface area (Å²) < 4.78 is 5.27. The van der Waals surface area contributed by atoms with E-state index in [4.69, 9.17) is 4.42 Å². The van der Waals surface area contributed by atoms with Gasteiger partial charge in [-0.2, -0.15) is 0 Å². The Morgan fingerprint density at radius 1 is 1.13 bits per heavy atom. The lowest BCUT2D eigenvalue weighted by Crippen LogP contribution is -3.12. The van der Waals surface area contributed by atoms with Crippen molar-refractivity contribution in [2.24, 2.45) is 5.92 Å². The number of hydrogen-bond acceptors (Lipinski definition) is 3. The molecule has 1 aromatic carbocycles. The molecule has 3 heterocycles. The van der Waals surface area contributed by atoms with E-state index in [1.807, 2.05) is 0 Å². The largest absolute Gasteiger partial charge is 0.469 e. The number of piperidine rings is 2. The summed E-state index contributed by atoms with van der Waals surface area (Å²) in [6.07, 6.45) is 5.27. The van der Waals surface area contributed by atoms with Crippen molar-refractivity contribution in [3.05, 3.63) is 59.5 Å².